The van der Waals surface area contributed by atoms with Gasteiger partial charge in [-0.2, -0.15) is 17.0 Å². The van der Waals surface area contributed by atoms with E-state index in [1.54, 1.807) is 0 Å². The number of hydrogen-bond acceptors (Lipinski definition) is 3. The van der Waals surface area contributed by atoms with Crippen molar-refractivity contribution in [3.05, 3.63) is 0 Å². The number of hydrogen-bond donors (Lipinski definition) is 1. The SMILES string of the molecule is CCCNC(=O)[C@@H]1CCCN(S(=O)(=O)N(C)C)C1. The Morgan fingerprint density at radius 2 is 2.11 bits per heavy atom. The van der Waals surface area contributed by atoms with Gasteiger partial charge in [0.15, 0.2) is 0 Å². The zero-order valence-corrected chi connectivity index (χ0v) is 12.2. The molecule has 0 aromatic rings. The summed E-state index contributed by atoms with van der Waals surface area (Å²) in [7, 11) is -0.380. The highest BCUT2D eigenvalue weighted by Gasteiger charge is 2.33. The summed E-state index contributed by atoms with van der Waals surface area (Å²) in [5, 5.41) is 2.83. The standard InChI is InChI=1S/C11H23N3O3S/c1-4-7-12-11(15)10-6-5-8-14(9-10)18(16,17)13(2)3/h10H,4-9H2,1-3H3,(H,12,15)/t10-/m1/s1. The lowest BCUT2D eigenvalue weighted by atomic mass is 9.99. The molecule has 1 amide bonds. The molecule has 0 aliphatic carbocycles. The molecule has 1 N–H and O–H groups in total. The van der Waals surface area contributed by atoms with Gasteiger partial charge in [-0.3, -0.25) is 4.79 Å². The van der Waals surface area contributed by atoms with E-state index in [9.17, 15) is 13.2 Å². The van der Waals surface area contributed by atoms with E-state index in [1.165, 1.54) is 22.7 Å². The number of piperidine rings is 1. The maximum Gasteiger partial charge on any atom is 0.281 e. The number of amides is 1. The molecule has 1 atom stereocenters. The van der Waals surface area contributed by atoms with Crippen molar-refractivity contribution >= 4 is 16.1 Å². The second-order valence-corrected chi connectivity index (χ2v) is 6.92. The summed E-state index contributed by atoms with van der Waals surface area (Å²) < 4.78 is 26.6. The minimum atomic E-state index is -3.40. The first-order valence-corrected chi connectivity index (χ1v) is 7.74. The van der Waals surface area contributed by atoms with E-state index < -0.39 is 10.2 Å². The van der Waals surface area contributed by atoms with E-state index in [0.29, 0.717) is 13.1 Å². The van der Waals surface area contributed by atoms with Gasteiger partial charge in [-0.15, -0.1) is 0 Å². The first-order chi connectivity index (χ1) is 8.39. The molecule has 0 spiro atoms. The Balaban J connectivity index is 2.64. The average Bonchev–Trinajstić information content (AvgIpc) is 2.35. The largest absolute Gasteiger partial charge is 0.356 e. The fraction of sp³-hybridized carbons (Fsp3) is 0.909. The van der Waals surface area contributed by atoms with Gasteiger partial charge in [-0.1, -0.05) is 6.92 Å². The third kappa shape index (κ3) is 3.66. The Morgan fingerprint density at radius 3 is 2.67 bits per heavy atom. The Labute approximate surface area is 110 Å². The zero-order valence-electron chi connectivity index (χ0n) is 11.3. The van der Waals surface area contributed by atoms with Gasteiger partial charge >= 0.3 is 0 Å². The summed E-state index contributed by atoms with van der Waals surface area (Å²) >= 11 is 0. The van der Waals surface area contributed by atoms with E-state index in [4.69, 9.17) is 0 Å². The van der Waals surface area contributed by atoms with Crippen molar-refractivity contribution in [3.8, 4) is 0 Å². The zero-order chi connectivity index (χ0) is 13.8. The Kier molecular flexibility index (Phi) is 5.55. The molecule has 1 saturated heterocycles. The van der Waals surface area contributed by atoms with Gasteiger partial charge in [-0.25, -0.2) is 0 Å². The second-order valence-electron chi connectivity index (χ2n) is 4.78. The maximum atomic E-state index is 12.0. The predicted molar refractivity (Wildman–Crippen MR) is 70.2 cm³/mol. The molecule has 0 aromatic heterocycles. The highest BCUT2D eigenvalue weighted by Crippen LogP contribution is 2.20. The monoisotopic (exact) mass is 277 g/mol. The first kappa shape index (κ1) is 15.4. The van der Waals surface area contributed by atoms with Crippen molar-refractivity contribution in [2.45, 2.75) is 26.2 Å². The Bertz CT molecular complexity index is 381. The highest BCUT2D eigenvalue weighted by atomic mass is 32.2. The fourth-order valence-electron chi connectivity index (χ4n) is 1.99. The molecule has 18 heavy (non-hydrogen) atoms. The molecular formula is C11H23N3O3S. The maximum absolute atomic E-state index is 12.0. The molecule has 0 unspecified atom stereocenters. The van der Waals surface area contributed by atoms with Gasteiger partial charge in [0.05, 0.1) is 5.92 Å². The van der Waals surface area contributed by atoms with Crippen LogP contribution in [0.5, 0.6) is 0 Å². The molecule has 0 bridgehead atoms. The van der Waals surface area contributed by atoms with Crippen LogP contribution in [0.4, 0.5) is 0 Å². The van der Waals surface area contributed by atoms with E-state index in [0.717, 1.165) is 19.3 Å². The van der Waals surface area contributed by atoms with E-state index in [2.05, 4.69) is 5.32 Å². The number of carbonyl (C=O) groups excluding carboxylic acids is 1. The molecule has 1 rings (SSSR count). The molecule has 6 nitrogen and oxygen atoms in total. The molecule has 0 saturated carbocycles. The minimum absolute atomic E-state index is 0.0319. The van der Waals surface area contributed by atoms with E-state index in [1.807, 2.05) is 6.92 Å². The highest BCUT2D eigenvalue weighted by molar-refractivity contribution is 7.86. The van der Waals surface area contributed by atoms with Crippen molar-refractivity contribution < 1.29 is 13.2 Å². The van der Waals surface area contributed by atoms with Crippen LogP contribution in [-0.2, 0) is 15.0 Å². The lowest BCUT2D eigenvalue weighted by Crippen LogP contribution is -2.48. The third-order valence-corrected chi connectivity index (χ3v) is 5.00. The number of nitrogens with one attached hydrogen (secondary N) is 1. The Morgan fingerprint density at radius 1 is 1.44 bits per heavy atom. The van der Waals surface area contributed by atoms with Crippen LogP contribution in [0.15, 0.2) is 0 Å². The van der Waals surface area contributed by atoms with Gasteiger partial charge in [-0.05, 0) is 19.3 Å². The summed E-state index contributed by atoms with van der Waals surface area (Å²) in [4.78, 5) is 11.9. The van der Waals surface area contributed by atoms with Crippen LogP contribution in [0.3, 0.4) is 0 Å². The van der Waals surface area contributed by atoms with Crippen molar-refractivity contribution in [2.24, 2.45) is 5.92 Å². The lowest BCUT2D eigenvalue weighted by molar-refractivity contribution is -0.126. The number of nitrogens with zero attached hydrogens (tertiary/aromatic N) is 2. The molecule has 7 heteroatoms. The Hall–Kier alpha value is -0.660. The van der Waals surface area contributed by atoms with Crippen molar-refractivity contribution in [1.29, 1.82) is 0 Å². The summed E-state index contributed by atoms with van der Waals surface area (Å²) in [6.45, 7) is 3.42. The lowest BCUT2D eigenvalue weighted by Gasteiger charge is -2.32. The summed E-state index contributed by atoms with van der Waals surface area (Å²) in [5.74, 6) is -0.254. The second kappa shape index (κ2) is 6.49. The molecule has 106 valence electrons. The van der Waals surface area contributed by atoms with Gasteiger partial charge in [0, 0.05) is 33.7 Å². The van der Waals surface area contributed by atoms with Crippen molar-refractivity contribution in [2.75, 3.05) is 33.7 Å². The van der Waals surface area contributed by atoms with E-state index in [-0.39, 0.29) is 18.4 Å². The molecule has 1 aliphatic heterocycles. The average molecular weight is 277 g/mol. The fourth-order valence-corrected chi connectivity index (χ4v) is 3.18. The van der Waals surface area contributed by atoms with Crippen LogP contribution < -0.4 is 5.32 Å². The van der Waals surface area contributed by atoms with Gasteiger partial charge in [0.25, 0.3) is 10.2 Å². The first-order valence-electron chi connectivity index (χ1n) is 6.35. The molecule has 1 heterocycles. The van der Waals surface area contributed by atoms with Crippen LogP contribution in [-0.4, -0.2) is 56.7 Å². The normalized spacial score (nSPS) is 22.1. The smallest absolute Gasteiger partial charge is 0.281 e. The van der Waals surface area contributed by atoms with Gasteiger partial charge in [0.2, 0.25) is 5.91 Å². The molecule has 0 aromatic carbocycles. The van der Waals surface area contributed by atoms with Crippen LogP contribution in [0.2, 0.25) is 0 Å². The van der Waals surface area contributed by atoms with Crippen LogP contribution in [0, 0.1) is 5.92 Å². The van der Waals surface area contributed by atoms with Crippen LogP contribution in [0.25, 0.3) is 0 Å². The van der Waals surface area contributed by atoms with Crippen LogP contribution in [0.1, 0.15) is 26.2 Å². The molecular weight excluding hydrogens is 254 g/mol. The molecule has 1 aliphatic rings. The minimum Gasteiger partial charge on any atom is -0.356 e. The molecule has 0 radical (unpaired) electrons. The molecule has 1 fully saturated rings. The van der Waals surface area contributed by atoms with Crippen molar-refractivity contribution in [1.82, 2.24) is 13.9 Å². The van der Waals surface area contributed by atoms with Gasteiger partial charge < -0.3 is 5.32 Å². The predicted octanol–water partition coefficient (Wildman–Crippen LogP) is 0.0310. The quantitative estimate of drug-likeness (QED) is 0.771. The number of rotatable bonds is 5. The van der Waals surface area contributed by atoms with Crippen molar-refractivity contribution in [3.63, 3.8) is 0 Å². The topological polar surface area (TPSA) is 69.7 Å². The summed E-state index contributed by atoms with van der Waals surface area (Å²) in [6, 6.07) is 0. The summed E-state index contributed by atoms with van der Waals surface area (Å²) in [6.07, 6.45) is 2.38. The van der Waals surface area contributed by atoms with Crippen LogP contribution >= 0.6 is 0 Å². The van der Waals surface area contributed by atoms with E-state index >= 15 is 0 Å². The van der Waals surface area contributed by atoms with Gasteiger partial charge in [0.1, 0.15) is 0 Å². The summed E-state index contributed by atoms with van der Waals surface area (Å²) in [5.41, 5.74) is 0. The third-order valence-electron chi connectivity index (χ3n) is 3.09. The number of carbonyl (C=O) groups is 1.